The Bertz CT molecular complexity index is 565. The van der Waals surface area contributed by atoms with Crippen LogP contribution in [0, 0.1) is 0 Å². The molecule has 0 heterocycles. The van der Waals surface area contributed by atoms with E-state index in [9.17, 15) is 0 Å². The van der Waals surface area contributed by atoms with Crippen molar-refractivity contribution in [3.8, 4) is 11.5 Å². The molecule has 0 fully saturated rings. The lowest BCUT2D eigenvalue weighted by molar-refractivity contribution is 0.217. The van der Waals surface area contributed by atoms with E-state index in [-0.39, 0.29) is 0 Å². The predicted octanol–water partition coefficient (Wildman–Crippen LogP) is 3.22. The van der Waals surface area contributed by atoms with Crippen molar-refractivity contribution in [2.24, 2.45) is 4.99 Å². The van der Waals surface area contributed by atoms with Crippen LogP contribution in [0.15, 0.2) is 23.2 Å². The normalized spacial score (nSPS) is 11.6. The average Bonchev–Trinajstić information content (AvgIpc) is 2.73. The maximum atomic E-state index is 5.92. The van der Waals surface area contributed by atoms with Crippen molar-refractivity contribution in [3.05, 3.63) is 23.8 Å². The Balaban J connectivity index is 2.49. The van der Waals surface area contributed by atoms with Gasteiger partial charge >= 0.3 is 0 Å². The van der Waals surface area contributed by atoms with Gasteiger partial charge < -0.3 is 25.0 Å². The van der Waals surface area contributed by atoms with Crippen LogP contribution in [0.25, 0.3) is 0 Å². The highest BCUT2D eigenvalue weighted by Crippen LogP contribution is 2.28. The number of aliphatic imine (C=N–C) groups is 1. The van der Waals surface area contributed by atoms with E-state index in [2.05, 4.69) is 46.7 Å². The van der Waals surface area contributed by atoms with Crippen molar-refractivity contribution in [2.45, 2.75) is 33.2 Å². The second kappa shape index (κ2) is 15.3. The smallest absolute Gasteiger partial charge is 0.191 e. The van der Waals surface area contributed by atoms with E-state index in [0.717, 1.165) is 55.6 Å². The van der Waals surface area contributed by atoms with Crippen molar-refractivity contribution in [3.63, 3.8) is 0 Å². The number of thioether (sulfide) groups is 1. The van der Waals surface area contributed by atoms with Gasteiger partial charge in [-0.1, -0.05) is 19.9 Å². The van der Waals surface area contributed by atoms with E-state index < -0.39 is 0 Å². The van der Waals surface area contributed by atoms with Gasteiger partial charge in [-0.2, -0.15) is 11.8 Å². The molecule has 160 valence electrons. The number of benzene rings is 1. The summed E-state index contributed by atoms with van der Waals surface area (Å²) >= 11 is 1.89. The standard InChI is InChI=1S/C21H38N4O2S/c1-6-25(7-2)13-14-27-19-11-10-18(16-20(19)26-4)17-24-21(22-3)23-12-8-9-15-28-5/h10-11,16H,6-9,12-15,17H2,1-5H3,(H2,22,23,24). The fourth-order valence-corrected chi connectivity index (χ4v) is 3.24. The molecule has 6 nitrogen and oxygen atoms in total. The van der Waals surface area contributed by atoms with Crippen LogP contribution in [0.1, 0.15) is 32.3 Å². The number of rotatable bonds is 14. The molecule has 1 aromatic carbocycles. The summed E-state index contributed by atoms with van der Waals surface area (Å²) in [6.45, 7) is 9.59. The first-order valence-corrected chi connectivity index (χ1v) is 11.5. The molecule has 0 unspecified atom stereocenters. The molecule has 0 aliphatic carbocycles. The van der Waals surface area contributed by atoms with Crippen molar-refractivity contribution < 1.29 is 9.47 Å². The van der Waals surface area contributed by atoms with E-state index >= 15 is 0 Å². The molecule has 0 spiro atoms. The molecule has 0 saturated carbocycles. The van der Waals surface area contributed by atoms with E-state index in [1.807, 2.05) is 23.9 Å². The third-order valence-electron chi connectivity index (χ3n) is 4.54. The lowest BCUT2D eigenvalue weighted by atomic mass is 10.2. The summed E-state index contributed by atoms with van der Waals surface area (Å²) < 4.78 is 11.4. The first-order valence-electron chi connectivity index (χ1n) is 10.1. The van der Waals surface area contributed by atoms with Crippen LogP contribution in [0.4, 0.5) is 0 Å². The summed E-state index contributed by atoms with van der Waals surface area (Å²) in [4.78, 5) is 6.62. The summed E-state index contributed by atoms with van der Waals surface area (Å²) in [5.74, 6) is 3.58. The maximum Gasteiger partial charge on any atom is 0.191 e. The molecule has 0 aromatic heterocycles. The third-order valence-corrected chi connectivity index (χ3v) is 5.24. The zero-order chi connectivity index (χ0) is 20.6. The number of methoxy groups -OCH3 is 1. The van der Waals surface area contributed by atoms with E-state index in [1.165, 1.54) is 12.2 Å². The van der Waals surface area contributed by atoms with Crippen LogP contribution in [0.2, 0.25) is 0 Å². The number of hydrogen-bond acceptors (Lipinski definition) is 5. The van der Waals surface area contributed by atoms with Gasteiger partial charge in [-0.15, -0.1) is 0 Å². The summed E-state index contributed by atoms with van der Waals surface area (Å²) in [5.41, 5.74) is 1.12. The zero-order valence-corrected chi connectivity index (χ0v) is 19.0. The maximum absolute atomic E-state index is 5.92. The molecule has 1 rings (SSSR count). The molecule has 0 aliphatic rings. The fraction of sp³-hybridized carbons (Fsp3) is 0.667. The highest BCUT2D eigenvalue weighted by molar-refractivity contribution is 7.98. The monoisotopic (exact) mass is 410 g/mol. The van der Waals surface area contributed by atoms with Gasteiger partial charge in [-0.3, -0.25) is 4.99 Å². The van der Waals surface area contributed by atoms with Crippen LogP contribution >= 0.6 is 11.8 Å². The minimum Gasteiger partial charge on any atom is -0.493 e. The molecular formula is C21H38N4O2S. The topological polar surface area (TPSA) is 58.1 Å². The molecule has 7 heteroatoms. The molecule has 28 heavy (non-hydrogen) atoms. The largest absolute Gasteiger partial charge is 0.493 e. The molecule has 0 atom stereocenters. The van der Waals surface area contributed by atoms with Gasteiger partial charge in [0.1, 0.15) is 6.61 Å². The summed E-state index contributed by atoms with van der Waals surface area (Å²) in [6, 6.07) is 6.07. The minimum atomic E-state index is 0.655. The van der Waals surface area contributed by atoms with E-state index in [4.69, 9.17) is 9.47 Å². The Kier molecular flexibility index (Phi) is 13.4. The molecule has 0 bridgehead atoms. The Morgan fingerprint density at radius 2 is 1.93 bits per heavy atom. The highest BCUT2D eigenvalue weighted by atomic mass is 32.2. The highest BCUT2D eigenvalue weighted by Gasteiger charge is 2.08. The molecular weight excluding hydrogens is 372 g/mol. The zero-order valence-electron chi connectivity index (χ0n) is 18.2. The van der Waals surface area contributed by atoms with Gasteiger partial charge in [0, 0.05) is 26.7 Å². The van der Waals surface area contributed by atoms with Gasteiger partial charge in [0.25, 0.3) is 0 Å². The number of guanidine groups is 1. The number of hydrogen-bond donors (Lipinski definition) is 2. The van der Waals surface area contributed by atoms with Gasteiger partial charge in [0.05, 0.1) is 7.11 Å². The number of ether oxygens (including phenoxy) is 2. The molecule has 0 radical (unpaired) electrons. The SMILES string of the molecule is CCN(CC)CCOc1ccc(CNC(=NC)NCCCCSC)cc1OC. The van der Waals surface area contributed by atoms with Crippen LogP contribution in [0.3, 0.4) is 0 Å². The lowest BCUT2D eigenvalue weighted by Gasteiger charge is -2.19. The molecule has 2 N–H and O–H groups in total. The number of likely N-dealkylation sites (N-methyl/N-ethyl adjacent to an activating group) is 1. The number of unbranched alkanes of at least 4 members (excludes halogenated alkanes) is 1. The molecule has 0 aliphatic heterocycles. The van der Waals surface area contributed by atoms with Gasteiger partial charge in [-0.25, -0.2) is 0 Å². The summed E-state index contributed by atoms with van der Waals surface area (Å²) in [6.07, 6.45) is 4.51. The second-order valence-corrected chi connectivity index (χ2v) is 7.40. The van der Waals surface area contributed by atoms with Gasteiger partial charge in [0.15, 0.2) is 17.5 Å². The Hall–Kier alpha value is -1.60. The quantitative estimate of drug-likeness (QED) is 0.279. The molecule has 0 saturated heterocycles. The van der Waals surface area contributed by atoms with Crippen LogP contribution in [-0.4, -0.2) is 69.8 Å². The third kappa shape index (κ3) is 9.55. The van der Waals surface area contributed by atoms with Gasteiger partial charge in [-0.05, 0) is 55.6 Å². The number of nitrogens with zero attached hydrogens (tertiary/aromatic N) is 2. The van der Waals surface area contributed by atoms with Crippen LogP contribution in [0.5, 0.6) is 11.5 Å². The van der Waals surface area contributed by atoms with E-state index in [1.54, 1.807) is 14.2 Å². The van der Waals surface area contributed by atoms with Crippen molar-refractivity contribution in [1.82, 2.24) is 15.5 Å². The average molecular weight is 411 g/mol. The van der Waals surface area contributed by atoms with E-state index in [0.29, 0.717) is 13.2 Å². The Labute approximate surface area is 175 Å². The van der Waals surface area contributed by atoms with Crippen molar-refractivity contribution in [2.75, 3.05) is 59.0 Å². The Morgan fingerprint density at radius 3 is 2.57 bits per heavy atom. The number of nitrogens with one attached hydrogen (secondary N) is 2. The summed E-state index contributed by atoms with van der Waals surface area (Å²) in [7, 11) is 3.48. The van der Waals surface area contributed by atoms with Gasteiger partial charge in [0.2, 0.25) is 0 Å². The minimum absolute atomic E-state index is 0.655. The molecule has 0 amide bonds. The van der Waals surface area contributed by atoms with Crippen LogP contribution in [-0.2, 0) is 6.54 Å². The fourth-order valence-electron chi connectivity index (χ4n) is 2.75. The van der Waals surface area contributed by atoms with Crippen LogP contribution < -0.4 is 20.1 Å². The Morgan fingerprint density at radius 1 is 1.14 bits per heavy atom. The lowest BCUT2D eigenvalue weighted by Crippen LogP contribution is -2.37. The molecule has 1 aromatic rings. The first-order chi connectivity index (χ1) is 13.7. The van der Waals surface area contributed by atoms with Crippen molar-refractivity contribution >= 4 is 17.7 Å². The first kappa shape index (κ1) is 24.4. The predicted molar refractivity (Wildman–Crippen MR) is 122 cm³/mol. The van der Waals surface area contributed by atoms with Crippen molar-refractivity contribution in [1.29, 1.82) is 0 Å². The summed E-state index contributed by atoms with van der Waals surface area (Å²) in [5, 5.41) is 6.71. The second-order valence-electron chi connectivity index (χ2n) is 6.41.